The van der Waals surface area contributed by atoms with Gasteiger partial charge in [-0.25, -0.2) is 18.1 Å². The van der Waals surface area contributed by atoms with Crippen LogP contribution in [0.4, 0.5) is 0 Å². The first-order chi connectivity index (χ1) is 13.9. The summed E-state index contributed by atoms with van der Waals surface area (Å²) in [6.45, 7) is 7.47. The van der Waals surface area contributed by atoms with E-state index in [0.29, 0.717) is 19.0 Å². The lowest BCUT2D eigenvalue weighted by Crippen LogP contribution is -2.38. The molecule has 0 fully saturated rings. The Labute approximate surface area is 174 Å². The van der Waals surface area contributed by atoms with E-state index in [9.17, 15) is 8.42 Å². The maximum absolute atomic E-state index is 12.3. The van der Waals surface area contributed by atoms with Crippen LogP contribution < -0.4 is 15.4 Å². The van der Waals surface area contributed by atoms with Crippen molar-refractivity contribution in [1.29, 1.82) is 0 Å². The van der Waals surface area contributed by atoms with Gasteiger partial charge in [-0.2, -0.15) is 0 Å². The van der Waals surface area contributed by atoms with Crippen LogP contribution >= 0.6 is 0 Å². The Balaban J connectivity index is 2.03. The molecule has 0 amide bonds. The van der Waals surface area contributed by atoms with Crippen molar-refractivity contribution in [2.75, 3.05) is 13.1 Å². The number of benzene rings is 1. The number of nitrogens with one attached hydrogen (secondary N) is 3. The molecule has 3 N–H and O–H groups in total. The molecule has 0 saturated heterocycles. The van der Waals surface area contributed by atoms with Crippen LogP contribution in [0.3, 0.4) is 0 Å². The van der Waals surface area contributed by atoms with Crippen LogP contribution in [0.2, 0.25) is 0 Å². The topological polar surface area (TPSA) is 95.5 Å². The van der Waals surface area contributed by atoms with Gasteiger partial charge in [0.1, 0.15) is 0 Å². The number of hydrogen-bond donors (Lipinski definition) is 3. The highest BCUT2D eigenvalue weighted by Crippen LogP contribution is 2.13. The summed E-state index contributed by atoms with van der Waals surface area (Å²) in [5, 5.41) is 6.52. The molecule has 1 aromatic heterocycles. The van der Waals surface area contributed by atoms with Gasteiger partial charge in [0.05, 0.1) is 12.3 Å². The van der Waals surface area contributed by atoms with E-state index in [0.717, 1.165) is 29.8 Å². The Morgan fingerprint density at radius 3 is 2.45 bits per heavy atom. The average Bonchev–Trinajstić information content (AvgIpc) is 2.66. The SMILES string of the molecule is CCNC(=NCc1ccccc1CS(=O)(=O)NC(C)C)NCCc1ccccn1. The van der Waals surface area contributed by atoms with Crippen molar-refractivity contribution in [3.63, 3.8) is 0 Å². The zero-order valence-corrected chi connectivity index (χ0v) is 18.2. The Morgan fingerprint density at radius 1 is 1.07 bits per heavy atom. The monoisotopic (exact) mass is 417 g/mol. The summed E-state index contributed by atoms with van der Waals surface area (Å²) >= 11 is 0. The summed E-state index contributed by atoms with van der Waals surface area (Å²) in [5.41, 5.74) is 2.67. The van der Waals surface area contributed by atoms with E-state index in [2.05, 4.69) is 25.3 Å². The van der Waals surface area contributed by atoms with E-state index in [1.54, 1.807) is 6.20 Å². The summed E-state index contributed by atoms with van der Waals surface area (Å²) in [7, 11) is -3.39. The quantitative estimate of drug-likeness (QED) is 0.407. The minimum atomic E-state index is -3.39. The number of hydrogen-bond acceptors (Lipinski definition) is 4. The van der Waals surface area contributed by atoms with Crippen LogP contribution in [-0.2, 0) is 28.7 Å². The van der Waals surface area contributed by atoms with Crippen LogP contribution in [0.15, 0.2) is 53.7 Å². The minimum absolute atomic E-state index is 0.0550. The maximum atomic E-state index is 12.3. The summed E-state index contributed by atoms with van der Waals surface area (Å²) in [4.78, 5) is 8.94. The van der Waals surface area contributed by atoms with Gasteiger partial charge in [-0.05, 0) is 44.0 Å². The summed E-state index contributed by atoms with van der Waals surface area (Å²) in [6.07, 6.45) is 2.58. The van der Waals surface area contributed by atoms with Crippen molar-refractivity contribution in [2.45, 2.75) is 45.5 Å². The smallest absolute Gasteiger partial charge is 0.216 e. The van der Waals surface area contributed by atoms with Gasteiger partial charge >= 0.3 is 0 Å². The molecule has 0 saturated carbocycles. The largest absolute Gasteiger partial charge is 0.357 e. The zero-order valence-electron chi connectivity index (χ0n) is 17.4. The highest BCUT2D eigenvalue weighted by molar-refractivity contribution is 7.88. The molecule has 2 rings (SSSR count). The van der Waals surface area contributed by atoms with Crippen molar-refractivity contribution >= 4 is 16.0 Å². The van der Waals surface area contributed by atoms with Gasteiger partial charge in [0.25, 0.3) is 0 Å². The molecule has 29 heavy (non-hydrogen) atoms. The number of sulfonamides is 1. The molecule has 0 bridgehead atoms. The Morgan fingerprint density at radius 2 is 1.79 bits per heavy atom. The summed E-state index contributed by atoms with van der Waals surface area (Å²) < 4.78 is 27.2. The molecule has 1 aromatic carbocycles. The molecule has 158 valence electrons. The number of rotatable bonds is 10. The van der Waals surface area contributed by atoms with Crippen LogP contribution in [0.1, 0.15) is 37.6 Å². The predicted octanol–water partition coefficient (Wildman–Crippen LogP) is 2.21. The van der Waals surface area contributed by atoms with Crippen molar-refractivity contribution in [2.24, 2.45) is 4.99 Å². The zero-order chi connectivity index (χ0) is 21.1. The van der Waals surface area contributed by atoms with Crippen molar-refractivity contribution < 1.29 is 8.42 Å². The van der Waals surface area contributed by atoms with E-state index in [1.165, 1.54) is 0 Å². The predicted molar refractivity (Wildman–Crippen MR) is 118 cm³/mol. The average molecular weight is 418 g/mol. The molecule has 0 aliphatic carbocycles. The lowest BCUT2D eigenvalue weighted by Gasteiger charge is -2.13. The standard InChI is InChI=1S/C21H31N5O2S/c1-4-22-21(24-14-12-20-11-7-8-13-23-20)25-15-18-9-5-6-10-19(18)16-29(27,28)26-17(2)3/h5-11,13,17,26H,4,12,14-16H2,1-3H3,(H2,22,24,25). The van der Waals surface area contributed by atoms with Gasteiger partial charge < -0.3 is 10.6 Å². The number of nitrogens with zero attached hydrogens (tertiary/aromatic N) is 2. The first kappa shape index (κ1) is 22.8. The van der Waals surface area contributed by atoms with E-state index < -0.39 is 10.0 Å². The molecule has 0 unspecified atom stereocenters. The highest BCUT2D eigenvalue weighted by atomic mass is 32.2. The van der Waals surface area contributed by atoms with Crippen molar-refractivity contribution in [3.05, 3.63) is 65.5 Å². The van der Waals surface area contributed by atoms with Crippen LogP contribution in [0.5, 0.6) is 0 Å². The van der Waals surface area contributed by atoms with Gasteiger partial charge in [0.15, 0.2) is 5.96 Å². The van der Waals surface area contributed by atoms with Gasteiger partial charge in [0.2, 0.25) is 10.0 Å². The molecule has 1 heterocycles. The second-order valence-electron chi connectivity index (χ2n) is 6.99. The molecule has 2 aromatic rings. The fourth-order valence-corrected chi connectivity index (χ4v) is 4.31. The first-order valence-corrected chi connectivity index (χ1v) is 11.5. The fourth-order valence-electron chi connectivity index (χ4n) is 2.82. The number of guanidine groups is 1. The molecule has 7 nitrogen and oxygen atoms in total. The normalized spacial score (nSPS) is 12.2. The minimum Gasteiger partial charge on any atom is -0.357 e. The van der Waals surface area contributed by atoms with Crippen LogP contribution in [-0.4, -0.2) is 38.5 Å². The van der Waals surface area contributed by atoms with E-state index in [-0.39, 0.29) is 11.8 Å². The molecular weight excluding hydrogens is 386 g/mol. The van der Waals surface area contributed by atoms with E-state index in [4.69, 9.17) is 0 Å². The van der Waals surface area contributed by atoms with Gasteiger partial charge in [0, 0.05) is 37.4 Å². The van der Waals surface area contributed by atoms with Gasteiger partial charge in [-0.3, -0.25) is 4.98 Å². The second-order valence-corrected chi connectivity index (χ2v) is 8.75. The third-order valence-electron chi connectivity index (χ3n) is 4.03. The third-order valence-corrected chi connectivity index (χ3v) is 5.55. The molecule has 0 spiro atoms. The van der Waals surface area contributed by atoms with Gasteiger partial charge in [-0.1, -0.05) is 30.3 Å². The molecule has 0 aliphatic heterocycles. The van der Waals surface area contributed by atoms with Crippen LogP contribution in [0.25, 0.3) is 0 Å². The van der Waals surface area contributed by atoms with E-state index >= 15 is 0 Å². The van der Waals surface area contributed by atoms with Crippen molar-refractivity contribution in [1.82, 2.24) is 20.3 Å². The number of aliphatic imine (C=N–C) groups is 1. The maximum Gasteiger partial charge on any atom is 0.216 e. The highest BCUT2D eigenvalue weighted by Gasteiger charge is 2.15. The summed E-state index contributed by atoms with van der Waals surface area (Å²) in [6, 6.07) is 13.2. The summed E-state index contributed by atoms with van der Waals surface area (Å²) in [5.74, 6) is 0.641. The molecule has 0 atom stereocenters. The van der Waals surface area contributed by atoms with Crippen molar-refractivity contribution in [3.8, 4) is 0 Å². The number of pyridine rings is 1. The van der Waals surface area contributed by atoms with Crippen LogP contribution in [0, 0.1) is 0 Å². The first-order valence-electron chi connectivity index (χ1n) is 9.88. The lowest BCUT2D eigenvalue weighted by atomic mass is 10.1. The Hall–Kier alpha value is -2.45. The molecule has 0 radical (unpaired) electrons. The Bertz CT molecular complexity index is 883. The number of aromatic nitrogens is 1. The van der Waals surface area contributed by atoms with Gasteiger partial charge in [-0.15, -0.1) is 0 Å². The molecule has 0 aliphatic rings. The second kappa shape index (κ2) is 11.5. The Kier molecular flexibility index (Phi) is 9.08. The molecular formula is C21H31N5O2S. The third kappa shape index (κ3) is 8.62. The lowest BCUT2D eigenvalue weighted by molar-refractivity contribution is 0.569. The van der Waals surface area contributed by atoms with E-state index in [1.807, 2.05) is 63.2 Å². The fraction of sp³-hybridized carbons (Fsp3) is 0.429. The molecule has 8 heteroatoms.